The van der Waals surface area contributed by atoms with E-state index in [1.807, 2.05) is 6.92 Å². The maximum absolute atomic E-state index is 13.7. The summed E-state index contributed by atoms with van der Waals surface area (Å²) in [5, 5.41) is 11.2. The first-order valence-corrected chi connectivity index (χ1v) is 14.1. The van der Waals surface area contributed by atoms with Crippen LogP contribution in [0.2, 0.25) is 0 Å². The summed E-state index contributed by atoms with van der Waals surface area (Å²) in [6.07, 6.45) is 3.26. The third-order valence-corrected chi connectivity index (χ3v) is 7.40. The number of aliphatic hydroxyl groups excluding tert-OH is 1. The van der Waals surface area contributed by atoms with E-state index < -0.39 is 29.5 Å². The lowest BCUT2D eigenvalue weighted by Crippen LogP contribution is -2.31. The van der Waals surface area contributed by atoms with Gasteiger partial charge >= 0.3 is 5.97 Å². The summed E-state index contributed by atoms with van der Waals surface area (Å²) in [6, 6.07) is 7.09. The van der Waals surface area contributed by atoms with E-state index in [1.54, 1.807) is 38.1 Å². The van der Waals surface area contributed by atoms with Crippen LogP contribution in [0, 0.1) is 13.8 Å². The normalized spacial score (nSPS) is 14.9. The van der Waals surface area contributed by atoms with Gasteiger partial charge in [0.2, 0.25) is 5.78 Å². The zero-order chi connectivity index (χ0) is 29.7. The lowest BCUT2D eigenvalue weighted by atomic mass is 9.95. The quantitative estimate of drug-likeness (QED) is 0.111. The highest BCUT2D eigenvalue weighted by Crippen LogP contribution is 2.45. The van der Waals surface area contributed by atoms with Gasteiger partial charge in [-0.05, 0) is 57.0 Å². The average molecular weight is 581 g/mol. The highest BCUT2D eigenvalue weighted by molar-refractivity contribution is 7.17. The van der Waals surface area contributed by atoms with Gasteiger partial charge in [-0.15, -0.1) is 0 Å². The molecule has 4 rings (SSSR count). The molecule has 0 aliphatic carbocycles. The van der Waals surface area contributed by atoms with Crippen molar-refractivity contribution >= 4 is 34.1 Å². The maximum atomic E-state index is 13.7. The van der Waals surface area contributed by atoms with Crippen LogP contribution in [0.15, 0.2) is 58.7 Å². The number of nitrogens with zero attached hydrogens (tertiary/aromatic N) is 2. The molecular formula is C30H32N2O8S. The van der Waals surface area contributed by atoms with Gasteiger partial charge in [0.15, 0.2) is 28.1 Å². The van der Waals surface area contributed by atoms with Crippen molar-refractivity contribution in [1.82, 2.24) is 4.98 Å². The molecule has 0 saturated heterocycles. The number of carbonyl (C=O) groups is 3. The van der Waals surface area contributed by atoms with Gasteiger partial charge in [0.25, 0.3) is 5.91 Å². The number of carbonyl (C=O) groups excluding carboxylic acids is 3. The van der Waals surface area contributed by atoms with E-state index in [-0.39, 0.29) is 27.9 Å². The fourth-order valence-corrected chi connectivity index (χ4v) is 5.31. The summed E-state index contributed by atoms with van der Waals surface area (Å²) in [5.74, 6) is -1.46. The Morgan fingerprint density at radius 1 is 1.17 bits per heavy atom. The number of furan rings is 1. The molecule has 1 unspecified atom stereocenters. The van der Waals surface area contributed by atoms with Crippen LogP contribution in [0.3, 0.4) is 0 Å². The fourth-order valence-electron chi connectivity index (χ4n) is 4.32. The van der Waals surface area contributed by atoms with Gasteiger partial charge in [0.1, 0.15) is 17.2 Å². The molecule has 2 aromatic heterocycles. The summed E-state index contributed by atoms with van der Waals surface area (Å²) < 4.78 is 22.5. The molecule has 41 heavy (non-hydrogen) atoms. The molecular weight excluding hydrogens is 548 g/mol. The van der Waals surface area contributed by atoms with Crippen molar-refractivity contribution in [2.75, 3.05) is 24.7 Å². The summed E-state index contributed by atoms with van der Waals surface area (Å²) in [5.41, 5.74) is 0.611. The third-order valence-electron chi connectivity index (χ3n) is 6.26. The second-order valence-electron chi connectivity index (χ2n) is 9.22. The van der Waals surface area contributed by atoms with Crippen molar-refractivity contribution < 1.29 is 38.1 Å². The zero-order valence-electron chi connectivity index (χ0n) is 23.4. The molecule has 3 heterocycles. The van der Waals surface area contributed by atoms with E-state index in [4.69, 9.17) is 18.6 Å². The number of unbranched alkanes of at least 4 members (excludes halogenated alkanes) is 1. The van der Waals surface area contributed by atoms with Gasteiger partial charge in [-0.3, -0.25) is 14.5 Å². The van der Waals surface area contributed by atoms with E-state index in [1.165, 1.54) is 17.0 Å². The Kier molecular flexibility index (Phi) is 9.28. The Morgan fingerprint density at radius 3 is 2.61 bits per heavy atom. The number of ketones is 1. The Hall–Kier alpha value is -4.38. The van der Waals surface area contributed by atoms with Crippen molar-refractivity contribution in [1.29, 1.82) is 0 Å². The smallest absolute Gasteiger partial charge is 0.350 e. The molecule has 0 fully saturated rings. The Bertz CT molecular complexity index is 1500. The first-order chi connectivity index (χ1) is 19.7. The number of hydrogen-bond donors (Lipinski definition) is 1. The Morgan fingerprint density at radius 2 is 1.95 bits per heavy atom. The molecule has 0 bridgehead atoms. The minimum Gasteiger partial charge on any atom is -0.503 e. The number of ether oxygens (including phenoxy) is 3. The highest BCUT2D eigenvalue weighted by atomic mass is 32.1. The zero-order valence-corrected chi connectivity index (χ0v) is 24.2. The number of aryl methyl sites for hydroxylation is 2. The maximum Gasteiger partial charge on any atom is 0.350 e. The number of aliphatic hydroxyl groups is 1. The first kappa shape index (κ1) is 29.6. The second kappa shape index (κ2) is 12.9. The summed E-state index contributed by atoms with van der Waals surface area (Å²) >= 11 is 0.921. The predicted octanol–water partition coefficient (Wildman–Crippen LogP) is 6.06. The fraction of sp³-hybridized carbons (Fsp3) is 0.333. The van der Waals surface area contributed by atoms with Gasteiger partial charge in [0.05, 0.1) is 30.5 Å². The molecule has 1 aliphatic rings. The van der Waals surface area contributed by atoms with Crippen molar-refractivity contribution in [3.05, 3.63) is 82.0 Å². The molecule has 1 aromatic carbocycles. The summed E-state index contributed by atoms with van der Waals surface area (Å²) in [6.45, 7) is 11.6. The molecule has 1 amide bonds. The van der Waals surface area contributed by atoms with E-state index >= 15 is 0 Å². The lowest BCUT2D eigenvalue weighted by Gasteiger charge is -2.25. The topological polar surface area (TPSA) is 128 Å². The minimum atomic E-state index is -1.10. The van der Waals surface area contributed by atoms with Crippen molar-refractivity contribution in [3.8, 4) is 11.5 Å². The van der Waals surface area contributed by atoms with Crippen LogP contribution in [0.1, 0.15) is 70.0 Å². The van der Waals surface area contributed by atoms with Crippen molar-refractivity contribution in [2.24, 2.45) is 0 Å². The largest absolute Gasteiger partial charge is 0.503 e. The molecule has 1 N–H and O–H groups in total. The second-order valence-corrected chi connectivity index (χ2v) is 10.2. The molecule has 1 aliphatic heterocycles. The van der Waals surface area contributed by atoms with Crippen LogP contribution < -0.4 is 14.4 Å². The molecule has 0 saturated carbocycles. The number of hydrogen-bond acceptors (Lipinski definition) is 10. The monoisotopic (exact) mass is 580 g/mol. The highest BCUT2D eigenvalue weighted by Gasteiger charge is 2.47. The summed E-state index contributed by atoms with van der Waals surface area (Å²) in [7, 11) is 0. The number of benzene rings is 1. The summed E-state index contributed by atoms with van der Waals surface area (Å²) in [4.78, 5) is 45.7. The molecule has 0 spiro atoms. The molecule has 11 heteroatoms. The van der Waals surface area contributed by atoms with Crippen LogP contribution in [0.5, 0.6) is 11.5 Å². The van der Waals surface area contributed by atoms with E-state index in [2.05, 4.69) is 18.5 Å². The Balaban J connectivity index is 1.84. The Labute approximate surface area is 241 Å². The first-order valence-electron chi connectivity index (χ1n) is 13.2. The average Bonchev–Trinajstić information content (AvgIpc) is 3.63. The number of aromatic nitrogens is 1. The molecule has 1 atom stereocenters. The van der Waals surface area contributed by atoms with Crippen LogP contribution in [-0.2, 0) is 9.53 Å². The molecule has 3 aromatic rings. The minimum absolute atomic E-state index is 0.00716. The number of amides is 1. The van der Waals surface area contributed by atoms with Gasteiger partial charge in [-0.25, -0.2) is 9.78 Å². The van der Waals surface area contributed by atoms with E-state index in [0.29, 0.717) is 41.7 Å². The van der Waals surface area contributed by atoms with Crippen LogP contribution in [0.4, 0.5) is 5.13 Å². The van der Waals surface area contributed by atoms with Gasteiger partial charge in [-0.2, -0.15) is 0 Å². The van der Waals surface area contributed by atoms with Crippen LogP contribution in [-0.4, -0.2) is 47.6 Å². The SMILES string of the molecule is C=CCOC(=O)c1sc(N2C(=O)C(O)=C(C(=O)c3ccc(C)o3)C2c2ccc(OCCCC)c(OCC)c2)nc1C. The van der Waals surface area contributed by atoms with Crippen molar-refractivity contribution in [2.45, 2.75) is 46.6 Å². The third kappa shape index (κ3) is 6.04. The number of anilines is 1. The molecule has 10 nitrogen and oxygen atoms in total. The van der Waals surface area contributed by atoms with Crippen molar-refractivity contribution in [3.63, 3.8) is 0 Å². The van der Waals surface area contributed by atoms with Gasteiger partial charge in [0, 0.05) is 0 Å². The lowest BCUT2D eigenvalue weighted by molar-refractivity contribution is -0.117. The van der Waals surface area contributed by atoms with E-state index in [9.17, 15) is 19.5 Å². The van der Waals surface area contributed by atoms with Crippen LogP contribution >= 0.6 is 11.3 Å². The number of thiazole rings is 1. The van der Waals surface area contributed by atoms with Gasteiger partial charge in [-0.1, -0.05) is 43.4 Å². The predicted molar refractivity (Wildman–Crippen MR) is 153 cm³/mol. The molecule has 0 radical (unpaired) electrons. The number of esters is 1. The molecule has 216 valence electrons. The van der Waals surface area contributed by atoms with Crippen LogP contribution in [0.25, 0.3) is 0 Å². The number of Topliss-reactive ketones (excluding diaryl/α,β-unsaturated/α-hetero) is 1. The standard InChI is InChI=1S/C30H32N2O8S/c1-6-9-15-38-20-13-11-19(16-22(20)37-8-3)24-23(25(33)21-12-10-17(4)40-21)26(34)28(35)32(24)30-31-18(5)27(41-30)29(36)39-14-7-2/h7,10-13,16,24,34H,2,6,8-9,14-15H2,1,3-5H3. The number of rotatable bonds is 13. The van der Waals surface area contributed by atoms with E-state index in [0.717, 1.165) is 24.2 Å². The van der Waals surface area contributed by atoms with Gasteiger partial charge < -0.3 is 23.7 Å².